The molecular formula is C15H17F2N3. The molecule has 1 unspecified atom stereocenters. The smallest absolute Gasteiger partial charge is 0.164 e. The third-order valence-electron chi connectivity index (χ3n) is 3.09. The summed E-state index contributed by atoms with van der Waals surface area (Å²) in [6.07, 6.45) is 5.53. The van der Waals surface area contributed by atoms with Crippen LogP contribution < -0.4 is 5.32 Å². The van der Waals surface area contributed by atoms with E-state index in [4.69, 9.17) is 0 Å². The lowest BCUT2D eigenvalue weighted by atomic mass is 10.0. The number of aromatic nitrogens is 2. The third-order valence-corrected chi connectivity index (χ3v) is 3.09. The van der Waals surface area contributed by atoms with E-state index in [1.165, 1.54) is 0 Å². The predicted octanol–water partition coefficient (Wildman–Crippen LogP) is 3.15. The standard InChI is InChI=1S/C15H17F2N3/c1-3-6-20-15(12-9-18-7-8-19-12)11-5-4-10(2)13(16)14(11)17/h4-5,7-9,15,20H,3,6H2,1-2H3. The average molecular weight is 277 g/mol. The van der Waals surface area contributed by atoms with Crippen molar-refractivity contribution in [3.63, 3.8) is 0 Å². The van der Waals surface area contributed by atoms with Crippen LogP contribution in [0.3, 0.4) is 0 Å². The van der Waals surface area contributed by atoms with Crippen LogP contribution in [0.1, 0.15) is 36.2 Å². The Bertz CT molecular complexity index is 573. The van der Waals surface area contributed by atoms with Crippen LogP contribution >= 0.6 is 0 Å². The molecule has 20 heavy (non-hydrogen) atoms. The van der Waals surface area contributed by atoms with Gasteiger partial charge in [-0.2, -0.15) is 0 Å². The van der Waals surface area contributed by atoms with Crippen molar-refractivity contribution in [2.45, 2.75) is 26.3 Å². The number of rotatable bonds is 5. The lowest BCUT2D eigenvalue weighted by Gasteiger charge is -2.19. The summed E-state index contributed by atoms with van der Waals surface area (Å²) in [5.41, 5.74) is 1.12. The van der Waals surface area contributed by atoms with Crippen molar-refractivity contribution in [2.75, 3.05) is 6.54 Å². The van der Waals surface area contributed by atoms with Gasteiger partial charge < -0.3 is 5.32 Å². The summed E-state index contributed by atoms with van der Waals surface area (Å²) >= 11 is 0. The van der Waals surface area contributed by atoms with Gasteiger partial charge in [0.1, 0.15) is 0 Å². The second kappa shape index (κ2) is 6.52. The van der Waals surface area contributed by atoms with Gasteiger partial charge in [0, 0.05) is 18.0 Å². The lowest BCUT2D eigenvalue weighted by molar-refractivity contribution is 0.473. The molecule has 1 heterocycles. The summed E-state index contributed by atoms with van der Waals surface area (Å²) in [6.45, 7) is 4.22. The molecule has 1 N–H and O–H groups in total. The van der Waals surface area contributed by atoms with Gasteiger partial charge in [-0.05, 0) is 25.5 Å². The molecule has 106 valence electrons. The van der Waals surface area contributed by atoms with Gasteiger partial charge in [0.15, 0.2) is 11.6 Å². The Balaban J connectivity index is 2.44. The fraction of sp³-hybridized carbons (Fsp3) is 0.333. The molecule has 2 aromatic rings. The molecule has 5 heteroatoms. The highest BCUT2D eigenvalue weighted by molar-refractivity contribution is 5.32. The minimum atomic E-state index is -0.829. The van der Waals surface area contributed by atoms with Gasteiger partial charge in [-0.15, -0.1) is 0 Å². The number of aryl methyl sites for hydroxylation is 1. The molecule has 0 fully saturated rings. The van der Waals surface area contributed by atoms with E-state index >= 15 is 0 Å². The number of hydrogen-bond acceptors (Lipinski definition) is 3. The van der Waals surface area contributed by atoms with Crippen LogP contribution in [-0.4, -0.2) is 16.5 Å². The van der Waals surface area contributed by atoms with Crippen LogP contribution in [-0.2, 0) is 0 Å². The van der Waals surface area contributed by atoms with E-state index in [1.807, 2.05) is 6.92 Å². The normalized spacial score (nSPS) is 12.4. The highest BCUT2D eigenvalue weighted by Crippen LogP contribution is 2.25. The molecule has 0 aliphatic heterocycles. The Kier molecular flexibility index (Phi) is 4.74. The Hall–Kier alpha value is -1.88. The monoisotopic (exact) mass is 277 g/mol. The molecule has 0 saturated heterocycles. The van der Waals surface area contributed by atoms with E-state index in [0.717, 1.165) is 6.42 Å². The van der Waals surface area contributed by atoms with Gasteiger partial charge in [-0.3, -0.25) is 9.97 Å². The Morgan fingerprint density at radius 2 is 2.00 bits per heavy atom. The first-order chi connectivity index (χ1) is 9.65. The summed E-state index contributed by atoms with van der Waals surface area (Å²) in [7, 11) is 0. The van der Waals surface area contributed by atoms with Gasteiger partial charge in [0.05, 0.1) is 17.9 Å². The highest BCUT2D eigenvalue weighted by atomic mass is 19.2. The molecule has 1 atom stereocenters. The molecule has 0 saturated carbocycles. The van der Waals surface area contributed by atoms with Crippen molar-refractivity contribution in [2.24, 2.45) is 0 Å². The quantitative estimate of drug-likeness (QED) is 0.912. The van der Waals surface area contributed by atoms with Gasteiger partial charge in [-0.1, -0.05) is 19.1 Å². The Labute approximate surface area is 117 Å². The molecule has 0 bridgehead atoms. The maximum Gasteiger partial charge on any atom is 0.164 e. The van der Waals surface area contributed by atoms with Gasteiger partial charge >= 0.3 is 0 Å². The number of halogens is 2. The average Bonchev–Trinajstić information content (AvgIpc) is 2.48. The van der Waals surface area contributed by atoms with Crippen molar-refractivity contribution in [1.82, 2.24) is 15.3 Å². The SMILES string of the molecule is CCCNC(c1cnccn1)c1ccc(C)c(F)c1F. The van der Waals surface area contributed by atoms with Crippen LogP contribution in [0.2, 0.25) is 0 Å². The summed E-state index contributed by atoms with van der Waals surface area (Å²) in [4.78, 5) is 8.18. The first-order valence-corrected chi connectivity index (χ1v) is 6.59. The van der Waals surface area contributed by atoms with Crippen LogP contribution in [0.4, 0.5) is 8.78 Å². The zero-order chi connectivity index (χ0) is 14.5. The maximum absolute atomic E-state index is 14.2. The van der Waals surface area contributed by atoms with Gasteiger partial charge in [0.2, 0.25) is 0 Å². The molecule has 0 aliphatic rings. The minimum absolute atomic E-state index is 0.252. The van der Waals surface area contributed by atoms with Crippen LogP contribution in [0.5, 0.6) is 0 Å². The number of hydrogen-bond donors (Lipinski definition) is 1. The summed E-state index contributed by atoms with van der Waals surface area (Å²) in [5.74, 6) is -1.64. The van der Waals surface area contributed by atoms with Crippen molar-refractivity contribution in [3.8, 4) is 0 Å². The van der Waals surface area contributed by atoms with E-state index in [0.29, 0.717) is 17.8 Å². The topological polar surface area (TPSA) is 37.8 Å². The van der Waals surface area contributed by atoms with E-state index in [-0.39, 0.29) is 5.56 Å². The molecule has 0 aliphatic carbocycles. The fourth-order valence-corrected chi connectivity index (χ4v) is 2.01. The highest BCUT2D eigenvalue weighted by Gasteiger charge is 2.21. The van der Waals surface area contributed by atoms with Gasteiger partial charge in [-0.25, -0.2) is 8.78 Å². The summed E-state index contributed by atoms with van der Waals surface area (Å²) < 4.78 is 27.9. The molecule has 0 spiro atoms. The molecule has 1 aromatic carbocycles. The van der Waals surface area contributed by atoms with Crippen molar-refractivity contribution >= 4 is 0 Å². The first kappa shape index (κ1) is 14.5. The second-order valence-corrected chi connectivity index (χ2v) is 4.62. The van der Waals surface area contributed by atoms with Crippen molar-refractivity contribution < 1.29 is 8.78 Å². The van der Waals surface area contributed by atoms with Crippen molar-refractivity contribution in [1.29, 1.82) is 0 Å². The zero-order valence-corrected chi connectivity index (χ0v) is 11.5. The van der Waals surface area contributed by atoms with E-state index in [1.54, 1.807) is 37.6 Å². The van der Waals surface area contributed by atoms with E-state index in [2.05, 4.69) is 15.3 Å². The number of nitrogens with one attached hydrogen (secondary N) is 1. The fourth-order valence-electron chi connectivity index (χ4n) is 2.01. The Morgan fingerprint density at radius 3 is 2.65 bits per heavy atom. The molecule has 3 nitrogen and oxygen atoms in total. The summed E-state index contributed by atoms with van der Waals surface area (Å²) in [6, 6.07) is 2.67. The molecule has 0 radical (unpaired) electrons. The Morgan fingerprint density at radius 1 is 1.20 bits per heavy atom. The lowest BCUT2D eigenvalue weighted by Crippen LogP contribution is -2.25. The maximum atomic E-state index is 14.2. The molecule has 0 amide bonds. The van der Waals surface area contributed by atoms with Crippen molar-refractivity contribution in [3.05, 3.63) is 59.2 Å². The number of nitrogens with zero attached hydrogens (tertiary/aromatic N) is 2. The second-order valence-electron chi connectivity index (χ2n) is 4.62. The van der Waals surface area contributed by atoms with Crippen LogP contribution in [0, 0.1) is 18.6 Å². The first-order valence-electron chi connectivity index (χ1n) is 6.59. The van der Waals surface area contributed by atoms with E-state index < -0.39 is 17.7 Å². The van der Waals surface area contributed by atoms with Crippen LogP contribution in [0.25, 0.3) is 0 Å². The molecule has 2 rings (SSSR count). The minimum Gasteiger partial charge on any atom is -0.305 e. The third kappa shape index (κ3) is 2.99. The predicted molar refractivity (Wildman–Crippen MR) is 73.3 cm³/mol. The zero-order valence-electron chi connectivity index (χ0n) is 11.5. The van der Waals surface area contributed by atoms with Gasteiger partial charge in [0.25, 0.3) is 0 Å². The molecule has 1 aromatic heterocycles. The molecular weight excluding hydrogens is 260 g/mol. The number of benzene rings is 1. The van der Waals surface area contributed by atoms with Crippen LogP contribution in [0.15, 0.2) is 30.7 Å². The largest absolute Gasteiger partial charge is 0.305 e. The van der Waals surface area contributed by atoms with E-state index in [9.17, 15) is 8.78 Å². The summed E-state index contributed by atoms with van der Waals surface area (Å²) in [5, 5.41) is 3.18.